The molecule has 0 saturated carbocycles. The maximum atomic E-state index is 12.3. The van der Waals surface area contributed by atoms with Gasteiger partial charge in [0.15, 0.2) is 5.78 Å². The van der Waals surface area contributed by atoms with Crippen LogP contribution in [0.5, 0.6) is 5.75 Å². The van der Waals surface area contributed by atoms with Crippen molar-refractivity contribution >= 4 is 17.8 Å². The fourth-order valence-corrected chi connectivity index (χ4v) is 2.65. The fourth-order valence-electron chi connectivity index (χ4n) is 2.65. The number of carbonyl (C=O) groups is 2. The summed E-state index contributed by atoms with van der Waals surface area (Å²) in [7, 11) is 1.39. The average Bonchev–Trinajstić information content (AvgIpc) is 2.73. The van der Waals surface area contributed by atoms with Gasteiger partial charge in [-0.15, -0.1) is 0 Å². The summed E-state index contributed by atoms with van der Waals surface area (Å²) in [5.74, 6) is 0.613. The third kappa shape index (κ3) is 7.39. The lowest BCUT2D eigenvalue weighted by Gasteiger charge is -2.05. The Morgan fingerprint density at radius 1 is 0.964 bits per heavy atom. The van der Waals surface area contributed by atoms with Crippen LogP contribution in [0.4, 0.5) is 0 Å². The molecule has 0 N–H and O–H groups in total. The normalized spacial score (nSPS) is 10.8. The third-order valence-corrected chi connectivity index (χ3v) is 4.39. The molecule has 0 saturated heterocycles. The lowest BCUT2D eigenvalue weighted by molar-refractivity contribution is -0.140. The Morgan fingerprint density at radius 2 is 1.68 bits per heavy atom. The Labute approximate surface area is 167 Å². The van der Waals surface area contributed by atoms with Gasteiger partial charge < -0.3 is 9.47 Å². The predicted octanol–water partition coefficient (Wildman–Crippen LogP) is 5.26. The molecule has 0 heterocycles. The van der Waals surface area contributed by atoms with Crippen molar-refractivity contribution in [1.82, 2.24) is 0 Å². The fraction of sp³-hybridized carbons (Fsp3) is 0.333. The van der Waals surface area contributed by atoms with E-state index in [0.29, 0.717) is 12.0 Å². The van der Waals surface area contributed by atoms with Crippen LogP contribution < -0.4 is 4.74 Å². The second-order valence-electron chi connectivity index (χ2n) is 6.60. The molecule has 0 fully saturated rings. The van der Waals surface area contributed by atoms with Crippen molar-refractivity contribution in [3.8, 4) is 5.75 Å². The van der Waals surface area contributed by atoms with Gasteiger partial charge in [0.2, 0.25) is 0 Å². The average molecular weight is 380 g/mol. The van der Waals surface area contributed by atoms with Crippen molar-refractivity contribution < 1.29 is 19.1 Å². The van der Waals surface area contributed by atoms with Crippen LogP contribution in [0, 0.1) is 0 Å². The van der Waals surface area contributed by atoms with Crippen molar-refractivity contribution in [3.63, 3.8) is 0 Å². The Hall–Kier alpha value is -2.88. The van der Waals surface area contributed by atoms with E-state index in [2.05, 4.69) is 11.7 Å². The van der Waals surface area contributed by atoms with Crippen LogP contribution in [0.3, 0.4) is 0 Å². The highest BCUT2D eigenvalue weighted by Crippen LogP contribution is 2.15. The minimum atomic E-state index is -0.197. The zero-order valence-electron chi connectivity index (χ0n) is 16.6. The third-order valence-electron chi connectivity index (χ3n) is 4.39. The summed E-state index contributed by atoms with van der Waals surface area (Å²) in [6.07, 6.45) is 7.46. The van der Waals surface area contributed by atoms with E-state index in [1.807, 2.05) is 54.6 Å². The van der Waals surface area contributed by atoms with Gasteiger partial charge in [0.25, 0.3) is 0 Å². The number of hydrogen-bond donors (Lipinski definition) is 0. The van der Waals surface area contributed by atoms with Crippen LogP contribution in [-0.4, -0.2) is 25.5 Å². The maximum Gasteiger partial charge on any atom is 0.305 e. The van der Waals surface area contributed by atoms with Crippen LogP contribution in [0.15, 0.2) is 54.6 Å². The van der Waals surface area contributed by atoms with Crippen molar-refractivity contribution in [3.05, 3.63) is 71.3 Å². The molecule has 2 aromatic rings. The van der Waals surface area contributed by atoms with E-state index in [9.17, 15) is 9.59 Å². The standard InChI is InChI=1S/C24H28O4/c1-3-4-18-28-22-15-10-20(11-16-22)12-17-23(25)21-13-8-19(9-14-21)6-5-7-24(26)27-2/h8-17H,3-7,18H2,1-2H3. The molecule has 2 aromatic carbocycles. The zero-order chi connectivity index (χ0) is 20.2. The number of allylic oxidation sites excluding steroid dienone is 1. The Morgan fingerprint density at radius 3 is 2.32 bits per heavy atom. The number of ketones is 1. The second kappa shape index (κ2) is 11.8. The smallest absolute Gasteiger partial charge is 0.305 e. The van der Waals surface area contributed by atoms with E-state index < -0.39 is 0 Å². The summed E-state index contributed by atoms with van der Waals surface area (Å²) >= 11 is 0. The maximum absolute atomic E-state index is 12.3. The van der Waals surface area contributed by atoms with Gasteiger partial charge in [-0.1, -0.05) is 55.8 Å². The molecule has 0 unspecified atom stereocenters. The van der Waals surface area contributed by atoms with Crippen molar-refractivity contribution in [1.29, 1.82) is 0 Å². The summed E-state index contributed by atoms with van der Waals surface area (Å²) < 4.78 is 10.3. The molecular weight excluding hydrogens is 352 g/mol. The topological polar surface area (TPSA) is 52.6 Å². The van der Waals surface area contributed by atoms with Gasteiger partial charge in [-0.05, 0) is 48.6 Å². The van der Waals surface area contributed by atoms with E-state index >= 15 is 0 Å². The van der Waals surface area contributed by atoms with Crippen LogP contribution in [-0.2, 0) is 16.0 Å². The molecule has 4 nitrogen and oxygen atoms in total. The number of hydrogen-bond acceptors (Lipinski definition) is 4. The number of esters is 1. The second-order valence-corrected chi connectivity index (χ2v) is 6.60. The highest BCUT2D eigenvalue weighted by molar-refractivity contribution is 6.06. The summed E-state index contributed by atoms with van der Waals surface area (Å²) in [6.45, 7) is 2.86. The lowest BCUT2D eigenvalue weighted by atomic mass is 10.0. The minimum absolute atomic E-state index is 0.0376. The van der Waals surface area contributed by atoms with Gasteiger partial charge in [-0.2, -0.15) is 0 Å². The number of benzene rings is 2. The summed E-state index contributed by atoms with van der Waals surface area (Å²) in [5, 5.41) is 0. The number of unbranched alkanes of at least 4 members (excludes halogenated alkanes) is 1. The van der Waals surface area contributed by atoms with E-state index in [-0.39, 0.29) is 11.8 Å². The Bertz CT molecular complexity index is 773. The highest BCUT2D eigenvalue weighted by Gasteiger charge is 2.04. The number of methoxy groups -OCH3 is 1. The molecule has 0 aliphatic heterocycles. The van der Waals surface area contributed by atoms with E-state index in [1.165, 1.54) is 7.11 Å². The first-order valence-electron chi connectivity index (χ1n) is 9.73. The molecule has 0 aliphatic rings. The molecule has 0 amide bonds. The molecular formula is C24H28O4. The number of carbonyl (C=O) groups excluding carboxylic acids is 2. The summed E-state index contributed by atoms with van der Waals surface area (Å²) in [4.78, 5) is 23.5. The van der Waals surface area contributed by atoms with Crippen LogP contribution in [0.25, 0.3) is 6.08 Å². The first-order valence-corrected chi connectivity index (χ1v) is 9.73. The van der Waals surface area contributed by atoms with Gasteiger partial charge in [-0.3, -0.25) is 9.59 Å². The first kappa shape index (κ1) is 21.4. The van der Waals surface area contributed by atoms with Crippen LogP contribution in [0.2, 0.25) is 0 Å². The van der Waals surface area contributed by atoms with Crippen molar-refractivity contribution in [2.45, 2.75) is 39.0 Å². The number of rotatable bonds is 11. The van der Waals surface area contributed by atoms with E-state index in [4.69, 9.17) is 4.74 Å². The van der Waals surface area contributed by atoms with E-state index in [1.54, 1.807) is 6.08 Å². The molecule has 4 heteroatoms. The van der Waals surface area contributed by atoms with Gasteiger partial charge in [0.05, 0.1) is 13.7 Å². The lowest BCUT2D eigenvalue weighted by Crippen LogP contribution is -2.00. The molecule has 0 atom stereocenters. The highest BCUT2D eigenvalue weighted by atomic mass is 16.5. The molecule has 2 rings (SSSR count). The molecule has 28 heavy (non-hydrogen) atoms. The minimum Gasteiger partial charge on any atom is -0.494 e. The molecule has 0 radical (unpaired) electrons. The SMILES string of the molecule is CCCCOc1ccc(C=CC(=O)c2ccc(CCCC(=O)OC)cc2)cc1. The van der Waals surface area contributed by atoms with Gasteiger partial charge >= 0.3 is 5.97 Å². The first-order chi connectivity index (χ1) is 13.6. The quantitative estimate of drug-likeness (QED) is 0.231. The monoisotopic (exact) mass is 380 g/mol. The molecule has 0 bridgehead atoms. The predicted molar refractivity (Wildman–Crippen MR) is 112 cm³/mol. The van der Waals surface area contributed by atoms with Crippen molar-refractivity contribution in [2.75, 3.05) is 13.7 Å². The van der Waals surface area contributed by atoms with E-state index in [0.717, 1.165) is 49.2 Å². The van der Waals surface area contributed by atoms with Gasteiger partial charge in [0.1, 0.15) is 5.75 Å². The number of ether oxygens (including phenoxy) is 2. The molecule has 148 valence electrons. The van der Waals surface area contributed by atoms with Crippen LogP contribution >= 0.6 is 0 Å². The molecule has 0 spiro atoms. The Balaban J connectivity index is 1.85. The molecule has 0 aliphatic carbocycles. The van der Waals surface area contributed by atoms with Gasteiger partial charge in [0, 0.05) is 12.0 Å². The molecule has 0 aromatic heterocycles. The van der Waals surface area contributed by atoms with Gasteiger partial charge in [-0.25, -0.2) is 0 Å². The van der Waals surface area contributed by atoms with Crippen molar-refractivity contribution in [2.24, 2.45) is 0 Å². The number of aryl methyl sites for hydroxylation is 1. The summed E-state index contributed by atoms with van der Waals surface area (Å²) in [5.41, 5.74) is 2.70. The summed E-state index contributed by atoms with van der Waals surface area (Å²) in [6, 6.07) is 15.2. The zero-order valence-corrected chi connectivity index (χ0v) is 16.6. The largest absolute Gasteiger partial charge is 0.494 e. The Kier molecular flexibility index (Phi) is 8.99. The van der Waals surface area contributed by atoms with Crippen LogP contribution in [0.1, 0.15) is 54.1 Å².